The Morgan fingerprint density at radius 1 is 1.26 bits per heavy atom. The molecule has 0 aliphatic heterocycles. The lowest BCUT2D eigenvalue weighted by Crippen LogP contribution is -2.02. The van der Waals surface area contributed by atoms with Crippen molar-refractivity contribution in [2.24, 2.45) is 4.99 Å². The van der Waals surface area contributed by atoms with Crippen LogP contribution >= 0.6 is 11.6 Å². The van der Waals surface area contributed by atoms with Crippen LogP contribution in [0, 0.1) is 10.1 Å². The predicted molar refractivity (Wildman–Crippen MR) is 84.4 cm³/mol. The molecule has 0 spiro atoms. The molecule has 0 aromatic heterocycles. The average Bonchev–Trinajstić information content (AvgIpc) is 2.47. The first kappa shape index (κ1) is 16.9. The smallest absolute Gasteiger partial charge is 0.263 e. The van der Waals surface area contributed by atoms with E-state index in [2.05, 4.69) is 4.99 Å². The second-order valence-electron chi connectivity index (χ2n) is 4.63. The topological polar surface area (TPSA) is 113 Å². The molecule has 23 heavy (non-hydrogen) atoms. The second-order valence-corrected chi connectivity index (χ2v) is 7.08. The quantitative estimate of drug-likeness (QED) is 0.476. The van der Waals surface area contributed by atoms with Crippen molar-refractivity contribution in [2.75, 3.05) is 6.26 Å². The van der Waals surface area contributed by atoms with E-state index < -0.39 is 26.2 Å². The molecule has 2 rings (SSSR count). The minimum absolute atomic E-state index is 0.0302. The highest BCUT2D eigenvalue weighted by Gasteiger charge is 2.11. The number of nitrogens with zero attached hydrogens (tertiary/aromatic N) is 2. The molecular weight excluding hydrogens is 344 g/mol. The van der Waals surface area contributed by atoms with Gasteiger partial charge in [0.2, 0.25) is 0 Å². The Morgan fingerprint density at radius 2 is 1.96 bits per heavy atom. The van der Waals surface area contributed by atoms with Crippen LogP contribution in [0.3, 0.4) is 0 Å². The van der Waals surface area contributed by atoms with E-state index in [-0.39, 0.29) is 21.2 Å². The Kier molecular flexibility index (Phi) is 4.67. The molecule has 0 bridgehead atoms. The second kappa shape index (κ2) is 6.35. The molecule has 0 amide bonds. The van der Waals surface area contributed by atoms with Crippen molar-refractivity contribution in [3.8, 4) is 5.75 Å². The lowest BCUT2D eigenvalue weighted by atomic mass is 10.2. The van der Waals surface area contributed by atoms with Crippen LogP contribution in [-0.2, 0) is 9.84 Å². The number of rotatable bonds is 4. The highest BCUT2D eigenvalue weighted by atomic mass is 35.5. The lowest BCUT2D eigenvalue weighted by Gasteiger charge is -2.10. The van der Waals surface area contributed by atoms with E-state index in [0.717, 1.165) is 18.5 Å². The minimum atomic E-state index is -3.39. The normalized spacial score (nSPS) is 11.7. The molecule has 2 aromatic carbocycles. The van der Waals surface area contributed by atoms with Crippen molar-refractivity contribution in [3.05, 3.63) is 57.1 Å². The molecule has 0 saturated carbocycles. The Hall–Kier alpha value is -2.45. The fraction of sp³-hybridized carbons (Fsp3) is 0.0714. The summed E-state index contributed by atoms with van der Waals surface area (Å²) in [6, 6.07) is 8.00. The third kappa shape index (κ3) is 4.05. The molecule has 9 heteroatoms. The number of hydrogen-bond acceptors (Lipinski definition) is 6. The number of aliphatic imine (C=N–C) groups is 1. The van der Waals surface area contributed by atoms with Crippen molar-refractivity contribution in [1.29, 1.82) is 0 Å². The van der Waals surface area contributed by atoms with Crippen molar-refractivity contribution < 1.29 is 18.4 Å². The van der Waals surface area contributed by atoms with Gasteiger partial charge in [-0.2, -0.15) is 0 Å². The SMILES string of the molecule is CS(=O)(=O)c1cccc(N=Cc2cc(Cl)cc([N+](=O)[O-])c2[O-])c1. The summed E-state index contributed by atoms with van der Waals surface area (Å²) in [7, 11) is -3.39. The average molecular weight is 354 g/mol. The summed E-state index contributed by atoms with van der Waals surface area (Å²) in [5, 5.41) is 22.7. The minimum Gasteiger partial charge on any atom is -0.867 e. The van der Waals surface area contributed by atoms with Crippen LogP contribution in [-0.4, -0.2) is 25.8 Å². The summed E-state index contributed by atoms with van der Waals surface area (Å²) < 4.78 is 23.0. The molecule has 0 aliphatic carbocycles. The first-order chi connectivity index (χ1) is 10.7. The van der Waals surface area contributed by atoms with Crippen LogP contribution in [0.5, 0.6) is 5.75 Å². The molecule has 0 radical (unpaired) electrons. The van der Waals surface area contributed by atoms with Gasteiger partial charge in [0, 0.05) is 23.6 Å². The Bertz CT molecular complexity index is 909. The van der Waals surface area contributed by atoms with E-state index in [1.54, 1.807) is 0 Å². The van der Waals surface area contributed by atoms with Gasteiger partial charge in [-0.3, -0.25) is 15.1 Å². The van der Waals surface area contributed by atoms with E-state index in [0.29, 0.717) is 0 Å². The molecule has 2 aromatic rings. The number of nitro benzene ring substituents is 1. The van der Waals surface area contributed by atoms with Gasteiger partial charge in [0.25, 0.3) is 5.69 Å². The summed E-state index contributed by atoms with van der Waals surface area (Å²) in [5.41, 5.74) is -0.423. The number of benzene rings is 2. The number of halogens is 1. The zero-order valence-corrected chi connectivity index (χ0v) is 13.3. The highest BCUT2D eigenvalue weighted by Crippen LogP contribution is 2.30. The van der Waals surface area contributed by atoms with Gasteiger partial charge in [-0.1, -0.05) is 17.7 Å². The third-order valence-corrected chi connectivity index (χ3v) is 4.19. The lowest BCUT2D eigenvalue weighted by molar-refractivity contribution is -0.398. The van der Waals surface area contributed by atoms with Crippen LogP contribution in [0.1, 0.15) is 5.56 Å². The van der Waals surface area contributed by atoms with E-state index in [1.807, 2.05) is 0 Å². The monoisotopic (exact) mass is 353 g/mol. The maximum atomic E-state index is 11.9. The summed E-state index contributed by atoms with van der Waals surface area (Å²) in [4.78, 5) is 14.0. The summed E-state index contributed by atoms with van der Waals surface area (Å²) in [5.74, 6) is -0.817. The first-order valence-corrected chi connectivity index (χ1v) is 8.44. The van der Waals surface area contributed by atoms with Crippen molar-refractivity contribution in [3.63, 3.8) is 0 Å². The van der Waals surface area contributed by atoms with Crippen LogP contribution in [0.25, 0.3) is 0 Å². The maximum Gasteiger partial charge on any atom is 0.263 e. The molecule has 0 unspecified atom stereocenters. The molecule has 0 saturated heterocycles. The molecular formula is C14H10ClN2O5S-. The van der Waals surface area contributed by atoms with Crippen LogP contribution in [0.4, 0.5) is 11.4 Å². The summed E-state index contributed by atoms with van der Waals surface area (Å²) in [6.45, 7) is 0. The molecule has 0 N–H and O–H groups in total. The zero-order valence-electron chi connectivity index (χ0n) is 11.8. The largest absolute Gasteiger partial charge is 0.867 e. The van der Waals surface area contributed by atoms with Gasteiger partial charge in [-0.05, 0) is 35.6 Å². The molecule has 120 valence electrons. The van der Waals surface area contributed by atoms with Gasteiger partial charge in [-0.25, -0.2) is 8.42 Å². The van der Waals surface area contributed by atoms with E-state index in [9.17, 15) is 23.6 Å². The highest BCUT2D eigenvalue weighted by molar-refractivity contribution is 7.90. The molecule has 7 nitrogen and oxygen atoms in total. The fourth-order valence-electron chi connectivity index (χ4n) is 1.77. The van der Waals surface area contributed by atoms with E-state index >= 15 is 0 Å². The number of sulfone groups is 1. The van der Waals surface area contributed by atoms with Crippen molar-refractivity contribution >= 4 is 39.0 Å². The zero-order chi connectivity index (χ0) is 17.2. The van der Waals surface area contributed by atoms with Gasteiger partial charge in [0.1, 0.15) is 0 Å². The summed E-state index contributed by atoms with van der Waals surface area (Å²) in [6.07, 6.45) is 2.18. The van der Waals surface area contributed by atoms with Crippen LogP contribution < -0.4 is 5.11 Å². The number of nitro groups is 1. The van der Waals surface area contributed by atoms with E-state index in [1.165, 1.54) is 30.3 Å². The first-order valence-electron chi connectivity index (χ1n) is 6.17. The van der Waals surface area contributed by atoms with Crippen LogP contribution in [0.15, 0.2) is 46.3 Å². The van der Waals surface area contributed by atoms with Gasteiger partial charge in [0.05, 0.1) is 15.5 Å². The Balaban J connectivity index is 2.44. The third-order valence-electron chi connectivity index (χ3n) is 2.86. The molecule has 0 aliphatic rings. The van der Waals surface area contributed by atoms with Crippen molar-refractivity contribution in [1.82, 2.24) is 0 Å². The molecule has 0 atom stereocenters. The van der Waals surface area contributed by atoms with Crippen LogP contribution in [0.2, 0.25) is 5.02 Å². The Labute approximate surface area is 136 Å². The molecule has 0 heterocycles. The summed E-state index contributed by atoms with van der Waals surface area (Å²) >= 11 is 5.75. The van der Waals surface area contributed by atoms with Gasteiger partial charge < -0.3 is 5.11 Å². The van der Waals surface area contributed by atoms with Gasteiger partial charge in [0.15, 0.2) is 9.84 Å². The number of hydrogen-bond donors (Lipinski definition) is 0. The fourth-order valence-corrected chi connectivity index (χ4v) is 2.65. The predicted octanol–water partition coefficient (Wildman–Crippen LogP) is 2.48. The van der Waals surface area contributed by atoms with Crippen molar-refractivity contribution in [2.45, 2.75) is 4.90 Å². The standard InChI is InChI=1S/C14H11ClN2O5S/c1-23(21,22)12-4-2-3-11(7-12)16-8-9-5-10(15)6-13(14(9)18)17(19)20/h2-8,18H,1H3/p-1. The Morgan fingerprint density at radius 3 is 2.57 bits per heavy atom. The van der Waals surface area contributed by atoms with Gasteiger partial charge >= 0.3 is 0 Å². The maximum absolute atomic E-state index is 11.9. The van der Waals surface area contributed by atoms with Gasteiger partial charge in [-0.15, -0.1) is 0 Å². The van der Waals surface area contributed by atoms with E-state index in [4.69, 9.17) is 11.6 Å². The molecule has 0 fully saturated rings.